The number of nitro benzene ring substituents is 1. The van der Waals surface area contributed by atoms with Crippen molar-refractivity contribution >= 4 is 17.7 Å². The van der Waals surface area contributed by atoms with Crippen molar-refractivity contribution in [1.29, 1.82) is 0 Å². The summed E-state index contributed by atoms with van der Waals surface area (Å²) in [6.07, 6.45) is 2.95. The first-order valence-electron chi connectivity index (χ1n) is 7.08. The highest BCUT2D eigenvalue weighted by Crippen LogP contribution is 2.20. The van der Waals surface area contributed by atoms with Gasteiger partial charge in [-0.2, -0.15) is 0 Å². The molecule has 120 valence electrons. The molecule has 1 atom stereocenters. The summed E-state index contributed by atoms with van der Waals surface area (Å²) in [6, 6.07) is 5.92. The number of aliphatic hydroxyl groups excluding tert-OH is 1. The number of carbonyl (C=O) groups excluding carboxylic acids is 1. The third kappa shape index (κ3) is 6.05. The molecule has 0 aliphatic carbocycles. The van der Waals surface area contributed by atoms with Crippen molar-refractivity contribution in [2.24, 2.45) is 5.41 Å². The van der Waals surface area contributed by atoms with Crippen LogP contribution in [0.2, 0.25) is 0 Å². The molecule has 0 spiro atoms. The highest BCUT2D eigenvalue weighted by atomic mass is 16.6. The molecule has 1 aromatic carbocycles. The van der Waals surface area contributed by atoms with E-state index in [0.29, 0.717) is 18.5 Å². The fourth-order valence-corrected chi connectivity index (χ4v) is 1.70. The molecular weight excluding hydrogens is 284 g/mol. The second kappa shape index (κ2) is 7.70. The van der Waals surface area contributed by atoms with E-state index in [1.54, 1.807) is 18.2 Å². The lowest BCUT2D eigenvalue weighted by Gasteiger charge is -2.25. The predicted molar refractivity (Wildman–Crippen MR) is 85.2 cm³/mol. The third-order valence-electron chi connectivity index (χ3n) is 3.25. The maximum absolute atomic E-state index is 11.6. The van der Waals surface area contributed by atoms with E-state index in [0.717, 1.165) is 0 Å². The smallest absolute Gasteiger partial charge is 0.269 e. The van der Waals surface area contributed by atoms with Crippen molar-refractivity contribution in [3.63, 3.8) is 0 Å². The Morgan fingerprint density at radius 2 is 1.95 bits per heavy atom. The molecule has 0 fully saturated rings. The number of nitrogens with zero attached hydrogens (tertiary/aromatic N) is 1. The van der Waals surface area contributed by atoms with E-state index >= 15 is 0 Å². The Bertz CT molecular complexity index is 544. The summed E-state index contributed by atoms with van der Waals surface area (Å²) < 4.78 is 0. The summed E-state index contributed by atoms with van der Waals surface area (Å²) in [5, 5.41) is 23.1. The lowest BCUT2D eigenvalue weighted by Crippen LogP contribution is -2.31. The van der Waals surface area contributed by atoms with Crippen LogP contribution in [0.4, 0.5) is 5.69 Å². The van der Waals surface area contributed by atoms with Gasteiger partial charge in [0, 0.05) is 24.8 Å². The van der Waals surface area contributed by atoms with Gasteiger partial charge in [-0.25, -0.2) is 0 Å². The molecule has 0 bridgehead atoms. The molecule has 1 amide bonds. The number of non-ortho nitro benzene ring substituents is 1. The molecule has 6 heteroatoms. The Morgan fingerprint density at radius 1 is 1.36 bits per heavy atom. The van der Waals surface area contributed by atoms with Gasteiger partial charge in [0.05, 0.1) is 11.0 Å². The molecule has 2 N–H and O–H groups in total. The van der Waals surface area contributed by atoms with E-state index < -0.39 is 11.0 Å². The van der Waals surface area contributed by atoms with Crippen LogP contribution in [-0.4, -0.2) is 28.6 Å². The van der Waals surface area contributed by atoms with Gasteiger partial charge in [0.2, 0.25) is 5.91 Å². The van der Waals surface area contributed by atoms with E-state index in [1.165, 1.54) is 18.2 Å². The maximum atomic E-state index is 11.6. The average Bonchev–Trinajstić information content (AvgIpc) is 2.44. The molecule has 6 nitrogen and oxygen atoms in total. The zero-order valence-corrected chi connectivity index (χ0v) is 13.1. The first-order valence-corrected chi connectivity index (χ1v) is 7.08. The second-order valence-electron chi connectivity index (χ2n) is 6.14. The Hall–Kier alpha value is -2.21. The van der Waals surface area contributed by atoms with Crippen LogP contribution in [0.1, 0.15) is 32.8 Å². The first-order chi connectivity index (χ1) is 10.2. The van der Waals surface area contributed by atoms with Gasteiger partial charge in [0.25, 0.3) is 5.69 Å². The number of carbonyl (C=O) groups is 1. The zero-order valence-electron chi connectivity index (χ0n) is 13.1. The van der Waals surface area contributed by atoms with E-state index in [1.807, 2.05) is 20.8 Å². The van der Waals surface area contributed by atoms with Crippen LogP contribution in [0, 0.1) is 15.5 Å². The summed E-state index contributed by atoms with van der Waals surface area (Å²) in [5.41, 5.74) is 0.507. The normalized spacial score (nSPS) is 13.1. The summed E-state index contributed by atoms with van der Waals surface area (Å²) in [7, 11) is 0. The van der Waals surface area contributed by atoms with Crippen molar-refractivity contribution in [3.05, 3.63) is 46.0 Å². The van der Waals surface area contributed by atoms with Crippen LogP contribution in [0.25, 0.3) is 6.08 Å². The number of nitrogens with one attached hydrogen (secondary N) is 1. The summed E-state index contributed by atoms with van der Waals surface area (Å²) >= 11 is 0. The van der Waals surface area contributed by atoms with E-state index in [4.69, 9.17) is 0 Å². The number of benzene rings is 1. The van der Waals surface area contributed by atoms with Crippen LogP contribution >= 0.6 is 0 Å². The van der Waals surface area contributed by atoms with Gasteiger partial charge in [-0.15, -0.1) is 0 Å². The topological polar surface area (TPSA) is 92.5 Å². The number of amides is 1. The van der Waals surface area contributed by atoms with Crippen molar-refractivity contribution in [3.8, 4) is 0 Å². The highest BCUT2D eigenvalue weighted by Gasteiger charge is 2.21. The van der Waals surface area contributed by atoms with Crippen LogP contribution in [0.5, 0.6) is 0 Å². The van der Waals surface area contributed by atoms with Gasteiger partial charge in [0.15, 0.2) is 0 Å². The van der Waals surface area contributed by atoms with E-state index in [-0.39, 0.29) is 17.0 Å². The summed E-state index contributed by atoms with van der Waals surface area (Å²) in [5.74, 6) is -0.264. The molecule has 0 radical (unpaired) electrons. The quantitative estimate of drug-likeness (QED) is 0.480. The zero-order chi connectivity index (χ0) is 16.8. The molecule has 0 saturated heterocycles. The number of hydrogen-bond acceptors (Lipinski definition) is 4. The molecule has 1 unspecified atom stereocenters. The minimum Gasteiger partial charge on any atom is -0.393 e. The Kier molecular flexibility index (Phi) is 6.24. The molecular formula is C16H22N2O4. The fourth-order valence-electron chi connectivity index (χ4n) is 1.70. The number of aliphatic hydroxyl groups is 1. The standard InChI is InChI=1S/C16H22N2O4/c1-16(2,3)14(19)10-11-17-15(20)9-6-12-4-7-13(8-5-12)18(21)22/h4-9,14,19H,10-11H2,1-3H3,(H,17,20)/b9-6+. The number of rotatable bonds is 6. The van der Waals surface area contributed by atoms with Gasteiger partial charge in [-0.1, -0.05) is 20.8 Å². The molecule has 0 aliphatic rings. The van der Waals surface area contributed by atoms with Crippen molar-refractivity contribution < 1.29 is 14.8 Å². The summed E-state index contributed by atoms with van der Waals surface area (Å²) in [4.78, 5) is 21.7. The van der Waals surface area contributed by atoms with Gasteiger partial charge in [-0.3, -0.25) is 14.9 Å². The lowest BCUT2D eigenvalue weighted by molar-refractivity contribution is -0.384. The fraction of sp³-hybridized carbons (Fsp3) is 0.438. The van der Waals surface area contributed by atoms with Gasteiger partial charge in [0.1, 0.15) is 0 Å². The first kappa shape index (κ1) is 17.8. The van der Waals surface area contributed by atoms with Crippen LogP contribution in [-0.2, 0) is 4.79 Å². The Labute approximate surface area is 130 Å². The average molecular weight is 306 g/mol. The van der Waals surface area contributed by atoms with Crippen molar-refractivity contribution in [2.75, 3.05) is 6.54 Å². The van der Waals surface area contributed by atoms with Gasteiger partial charge >= 0.3 is 0 Å². The monoisotopic (exact) mass is 306 g/mol. The Balaban J connectivity index is 2.43. The minimum atomic E-state index is -0.480. The van der Waals surface area contributed by atoms with Gasteiger partial charge < -0.3 is 10.4 Å². The molecule has 0 aromatic heterocycles. The van der Waals surface area contributed by atoms with E-state index in [2.05, 4.69) is 5.32 Å². The summed E-state index contributed by atoms with van der Waals surface area (Å²) in [6.45, 7) is 6.21. The van der Waals surface area contributed by atoms with E-state index in [9.17, 15) is 20.0 Å². The van der Waals surface area contributed by atoms with Crippen molar-refractivity contribution in [2.45, 2.75) is 33.3 Å². The van der Waals surface area contributed by atoms with Gasteiger partial charge in [-0.05, 0) is 35.6 Å². The molecule has 1 aromatic rings. The maximum Gasteiger partial charge on any atom is 0.269 e. The van der Waals surface area contributed by atoms with Crippen LogP contribution in [0.3, 0.4) is 0 Å². The minimum absolute atomic E-state index is 0.0118. The third-order valence-corrected chi connectivity index (χ3v) is 3.25. The number of hydrogen-bond donors (Lipinski definition) is 2. The van der Waals surface area contributed by atoms with Crippen LogP contribution in [0.15, 0.2) is 30.3 Å². The highest BCUT2D eigenvalue weighted by molar-refractivity contribution is 5.91. The molecule has 0 heterocycles. The second-order valence-corrected chi connectivity index (χ2v) is 6.14. The molecule has 22 heavy (non-hydrogen) atoms. The SMILES string of the molecule is CC(C)(C)C(O)CCNC(=O)/C=C/c1ccc([N+](=O)[O-])cc1. The largest absolute Gasteiger partial charge is 0.393 e. The predicted octanol–water partition coefficient (Wildman–Crippen LogP) is 2.52. The molecule has 0 aliphatic heterocycles. The number of nitro groups is 1. The lowest BCUT2D eigenvalue weighted by atomic mass is 9.87. The molecule has 0 saturated carbocycles. The molecule has 1 rings (SSSR count). The Morgan fingerprint density at radius 3 is 2.45 bits per heavy atom. The van der Waals surface area contributed by atoms with Crippen molar-refractivity contribution in [1.82, 2.24) is 5.32 Å². The van der Waals surface area contributed by atoms with Crippen LogP contribution < -0.4 is 5.32 Å².